The van der Waals surface area contributed by atoms with Crippen molar-refractivity contribution in [3.05, 3.63) is 217 Å². The molecule has 2 heterocycles. The van der Waals surface area contributed by atoms with E-state index in [1.54, 1.807) is 0 Å². The first-order valence-corrected chi connectivity index (χ1v) is 19.3. The molecule has 11 rings (SSSR count). The highest BCUT2D eigenvalue weighted by Gasteiger charge is 2.24. The summed E-state index contributed by atoms with van der Waals surface area (Å²) < 4.78 is 6.59. The lowest BCUT2D eigenvalue weighted by Crippen LogP contribution is -2.36. The molecule has 0 amide bonds. The summed E-state index contributed by atoms with van der Waals surface area (Å²) in [6.07, 6.45) is -0.510. The van der Waals surface area contributed by atoms with Gasteiger partial charge in [0.2, 0.25) is 0 Å². The Hall–Kier alpha value is -7.56. The van der Waals surface area contributed by atoms with Gasteiger partial charge in [-0.15, -0.1) is 0 Å². The zero-order valence-electron chi connectivity index (χ0n) is 30.9. The van der Waals surface area contributed by atoms with Crippen LogP contribution in [0.15, 0.2) is 215 Å². The maximum atomic E-state index is 6.59. The first kappa shape index (κ1) is 32.8. The van der Waals surface area contributed by atoms with Gasteiger partial charge in [-0.2, -0.15) is 0 Å². The smallest absolute Gasteiger partial charge is 0.170 e. The lowest BCUT2D eigenvalue weighted by atomic mass is 9.98. The van der Waals surface area contributed by atoms with Gasteiger partial charge in [-0.05, 0) is 91.3 Å². The number of rotatable bonds is 6. The van der Waals surface area contributed by atoms with Gasteiger partial charge < -0.3 is 9.73 Å². The average Bonchev–Trinajstić information content (AvgIpc) is 3.67. The number of nitrogens with one attached hydrogen (secondary N) is 1. The van der Waals surface area contributed by atoms with Crippen LogP contribution in [0, 0.1) is 0 Å². The molecule has 1 aliphatic rings. The van der Waals surface area contributed by atoms with E-state index in [4.69, 9.17) is 14.4 Å². The van der Waals surface area contributed by atoms with Gasteiger partial charge in [0.05, 0.1) is 0 Å². The number of aliphatic imine (C=N–C) groups is 2. The summed E-state index contributed by atoms with van der Waals surface area (Å²) in [5, 5.41) is 10.4. The van der Waals surface area contributed by atoms with Gasteiger partial charge in [-0.1, -0.05) is 164 Å². The lowest BCUT2D eigenvalue weighted by Gasteiger charge is -2.23. The van der Waals surface area contributed by atoms with Crippen LogP contribution >= 0.6 is 0 Å². The van der Waals surface area contributed by atoms with Crippen LogP contribution < -0.4 is 5.32 Å². The molecule has 1 unspecified atom stereocenters. The topological polar surface area (TPSA) is 49.9 Å². The third kappa shape index (κ3) is 6.05. The number of benzene rings is 9. The molecule has 0 fully saturated rings. The summed E-state index contributed by atoms with van der Waals surface area (Å²) in [4.78, 5) is 10.7. The minimum absolute atomic E-state index is 0.510. The summed E-state index contributed by atoms with van der Waals surface area (Å²) in [5.74, 6) is 1.55. The van der Waals surface area contributed by atoms with Crippen molar-refractivity contribution in [2.24, 2.45) is 9.98 Å². The van der Waals surface area contributed by atoms with Crippen molar-refractivity contribution in [3.63, 3.8) is 0 Å². The SMILES string of the molecule is c1ccc(-c2ccc(-c3ccc4c(c3)oc3cccc(C5N=C(c6ccc7ccccc7c6)NC(c6ccc7ccc(-c8ccccc8)cc7c6)=N5)c34)cc2)cc1. The number of hydrogen-bond donors (Lipinski definition) is 1. The van der Waals surface area contributed by atoms with E-state index < -0.39 is 6.17 Å². The van der Waals surface area contributed by atoms with E-state index in [9.17, 15) is 0 Å². The minimum Gasteiger partial charge on any atom is -0.456 e. The van der Waals surface area contributed by atoms with Crippen molar-refractivity contribution in [2.45, 2.75) is 6.17 Å². The van der Waals surface area contributed by atoms with Gasteiger partial charge in [0.25, 0.3) is 0 Å². The average molecular weight is 730 g/mol. The second kappa shape index (κ2) is 13.6. The molecule has 4 nitrogen and oxygen atoms in total. The van der Waals surface area contributed by atoms with Crippen molar-refractivity contribution >= 4 is 55.2 Å². The fourth-order valence-corrected chi connectivity index (χ4v) is 8.16. The second-order valence-corrected chi connectivity index (χ2v) is 14.6. The molecule has 9 aromatic carbocycles. The Morgan fingerprint density at radius 2 is 0.842 bits per heavy atom. The van der Waals surface area contributed by atoms with Crippen molar-refractivity contribution in [3.8, 4) is 33.4 Å². The Morgan fingerprint density at radius 1 is 0.351 bits per heavy atom. The Morgan fingerprint density at radius 3 is 1.54 bits per heavy atom. The van der Waals surface area contributed by atoms with Crippen LogP contribution in [0.2, 0.25) is 0 Å². The largest absolute Gasteiger partial charge is 0.456 e. The number of furan rings is 1. The molecule has 1 atom stereocenters. The molecule has 0 radical (unpaired) electrons. The first-order valence-electron chi connectivity index (χ1n) is 19.3. The minimum atomic E-state index is -0.510. The van der Waals surface area contributed by atoms with Crippen LogP contribution in [0.25, 0.3) is 76.9 Å². The van der Waals surface area contributed by atoms with Crippen LogP contribution in [0.1, 0.15) is 22.9 Å². The molecule has 57 heavy (non-hydrogen) atoms. The summed E-state index contributed by atoms with van der Waals surface area (Å²) in [6.45, 7) is 0. The second-order valence-electron chi connectivity index (χ2n) is 14.6. The van der Waals surface area contributed by atoms with Crippen LogP contribution in [0.3, 0.4) is 0 Å². The summed E-state index contributed by atoms with van der Waals surface area (Å²) in [6, 6.07) is 70.6. The van der Waals surface area contributed by atoms with Crippen LogP contribution in [-0.4, -0.2) is 11.7 Å². The zero-order chi connectivity index (χ0) is 37.7. The van der Waals surface area contributed by atoms with Crippen LogP contribution in [-0.2, 0) is 0 Å². The molecule has 10 aromatic rings. The molecule has 1 aliphatic heterocycles. The highest BCUT2D eigenvalue weighted by Crippen LogP contribution is 2.39. The summed E-state index contributed by atoms with van der Waals surface area (Å²) >= 11 is 0. The van der Waals surface area contributed by atoms with E-state index in [-0.39, 0.29) is 0 Å². The van der Waals surface area contributed by atoms with Crippen molar-refractivity contribution in [1.29, 1.82) is 0 Å². The van der Waals surface area contributed by atoms with Gasteiger partial charge in [0.15, 0.2) is 6.17 Å². The lowest BCUT2D eigenvalue weighted by molar-refractivity contribution is 0.668. The molecular formula is C53H35N3O. The molecule has 268 valence electrons. The highest BCUT2D eigenvalue weighted by molar-refractivity contribution is 6.18. The van der Waals surface area contributed by atoms with Crippen molar-refractivity contribution < 1.29 is 4.42 Å². The first-order chi connectivity index (χ1) is 28.2. The summed E-state index contributed by atoms with van der Waals surface area (Å²) in [7, 11) is 0. The Balaban J connectivity index is 1.02. The summed E-state index contributed by atoms with van der Waals surface area (Å²) in [5.41, 5.74) is 11.7. The predicted octanol–water partition coefficient (Wildman–Crippen LogP) is 13.4. The molecule has 1 aromatic heterocycles. The number of fused-ring (bicyclic) bond motifs is 5. The van der Waals surface area contributed by atoms with Gasteiger partial charge in [0.1, 0.15) is 22.8 Å². The third-order valence-corrected chi connectivity index (χ3v) is 11.1. The number of nitrogens with zero attached hydrogens (tertiary/aromatic N) is 2. The fourth-order valence-electron chi connectivity index (χ4n) is 8.16. The number of hydrogen-bond acceptors (Lipinski definition) is 4. The molecule has 0 spiro atoms. The predicted molar refractivity (Wildman–Crippen MR) is 237 cm³/mol. The van der Waals surface area contributed by atoms with Gasteiger partial charge in [0, 0.05) is 27.5 Å². The van der Waals surface area contributed by atoms with Crippen molar-refractivity contribution in [1.82, 2.24) is 5.32 Å². The standard InChI is InChI=1S/C53H35N3O/c1-3-10-34(11-4-1)37-18-20-38(21-19-37)42-28-29-46-49(33-42)57-48-17-9-16-47(50(46)48)53-55-51(43-26-23-36-14-7-8-15-40(36)30-43)54-52(56-53)44-27-24-39-22-25-41(31-45(39)32-44)35-12-5-2-6-13-35/h1-33,53H,(H,54,55,56). The molecule has 1 N–H and O–H groups in total. The Bertz CT molecular complexity index is 3200. The van der Waals surface area contributed by atoms with Crippen molar-refractivity contribution in [2.75, 3.05) is 0 Å². The van der Waals surface area contributed by atoms with Gasteiger partial charge in [-0.3, -0.25) is 0 Å². The third-order valence-electron chi connectivity index (χ3n) is 11.1. The van der Waals surface area contributed by atoms with E-state index in [2.05, 4.69) is 187 Å². The molecule has 0 saturated heterocycles. The van der Waals surface area contributed by atoms with E-state index in [0.29, 0.717) is 0 Å². The van der Waals surface area contributed by atoms with E-state index in [1.807, 2.05) is 18.2 Å². The maximum absolute atomic E-state index is 6.59. The molecule has 4 heteroatoms. The van der Waals surface area contributed by atoms with Gasteiger partial charge >= 0.3 is 0 Å². The quantitative estimate of drug-likeness (QED) is 0.185. The monoisotopic (exact) mass is 729 g/mol. The number of amidine groups is 2. The Labute approximate surface area is 330 Å². The molecular weight excluding hydrogens is 695 g/mol. The van der Waals surface area contributed by atoms with Gasteiger partial charge in [-0.25, -0.2) is 9.98 Å². The fraction of sp³-hybridized carbons (Fsp3) is 0.0189. The molecule has 0 bridgehead atoms. The zero-order valence-corrected chi connectivity index (χ0v) is 30.9. The molecule has 0 saturated carbocycles. The van der Waals surface area contributed by atoms with E-state index in [0.717, 1.165) is 72.2 Å². The van der Waals surface area contributed by atoms with Crippen LogP contribution in [0.4, 0.5) is 0 Å². The Kier molecular flexibility index (Phi) is 7.85. The van der Waals surface area contributed by atoms with Crippen LogP contribution in [0.5, 0.6) is 0 Å². The van der Waals surface area contributed by atoms with E-state index >= 15 is 0 Å². The van der Waals surface area contributed by atoms with E-state index in [1.165, 1.54) is 33.0 Å². The maximum Gasteiger partial charge on any atom is 0.170 e. The normalized spacial score (nSPS) is 14.1. The highest BCUT2D eigenvalue weighted by atomic mass is 16.3. The molecule has 0 aliphatic carbocycles.